The third kappa shape index (κ3) is 6.20. The number of nitrogens with two attached hydrogens (primary N) is 1. The number of halogens is 6. The molecule has 0 bridgehead atoms. The summed E-state index contributed by atoms with van der Waals surface area (Å²) >= 11 is 0. The minimum absolute atomic E-state index is 0.137. The van der Waals surface area contributed by atoms with Gasteiger partial charge in [-0.2, -0.15) is 13.2 Å². The van der Waals surface area contributed by atoms with Crippen LogP contribution in [0.25, 0.3) is 22.0 Å². The number of nitrogens with one attached hydrogen (secondary N) is 1. The van der Waals surface area contributed by atoms with Crippen molar-refractivity contribution < 1.29 is 40.6 Å². The lowest BCUT2D eigenvalue weighted by Gasteiger charge is -2.31. The monoisotopic (exact) mass is 592 g/mol. The quantitative estimate of drug-likeness (QED) is 0.203. The van der Waals surface area contributed by atoms with Gasteiger partial charge < -0.3 is 15.2 Å². The number of nitrogens with zero attached hydrogens (tertiary/aromatic N) is 2. The zero-order valence-corrected chi connectivity index (χ0v) is 22.5. The Morgan fingerprint density at radius 3 is 2.43 bits per heavy atom. The summed E-state index contributed by atoms with van der Waals surface area (Å²) in [4.78, 5) is 16.8. The molecule has 1 amide bonds. The Kier molecular flexibility index (Phi) is 9.10. The maximum atomic E-state index is 14.5. The van der Waals surface area contributed by atoms with E-state index in [4.69, 9.17) is 15.2 Å². The first-order valence-electron chi connectivity index (χ1n) is 12.8. The summed E-state index contributed by atoms with van der Waals surface area (Å²) in [7, 11) is 0. The number of nitrogen functional groups attached to an aromatic ring is 1. The third-order valence-corrected chi connectivity index (χ3v) is 6.21. The molecular weight excluding hydrogens is 566 g/mol. The zero-order valence-electron chi connectivity index (χ0n) is 22.5. The maximum absolute atomic E-state index is 14.5. The Morgan fingerprint density at radius 1 is 1.05 bits per heavy atom. The molecule has 0 radical (unpaired) electrons. The first-order chi connectivity index (χ1) is 20.0. The molecule has 0 atom stereocenters. The van der Waals surface area contributed by atoms with E-state index in [0.717, 1.165) is 19.3 Å². The number of benzene rings is 3. The summed E-state index contributed by atoms with van der Waals surface area (Å²) in [6, 6.07) is 11.3. The highest BCUT2D eigenvalue weighted by Gasteiger charge is 2.40. The van der Waals surface area contributed by atoms with Crippen LogP contribution in [-0.4, -0.2) is 37.3 Å². The summed E-state index contributed by atoms with van der Waals surface area (Å²) in [6.07, 6.45) is -5.16. The number of hydrogen-bond donors (Lipinski definition) is 2. The van der Waals surface area contributed by atoms with E-state index in [1.165, 1.54) is 17.1 Å². The first kappa shape index (κ1) is 30.4. The Morgan fingerprint density at radius 2 is 1.76 bits per heavy atom. The number of alkyl halides is 3. The van der Waals surface area contributed by atoms with Crippen molar-refractivity contribution >= 4 is 28.2 Å². The molecule has 2 heterocycles. The highest BCUT2D eigenvalue weighted by molar-refractivity contribution is 6.10. The van der Waals surface area contributed by atoms with Gasteiger partial charge in [0, 0.05) is 35.8 Å². The van der Waals surface area contributed by atoms with Crippen LogP contribution in [0.2, 0.25) is 0 Å². The van der Waals surface area contributed by atoms with Crippen molar-refractivity contribution in [1.29, 1.82) is 0 Å². The molecule has 1 aliphatic rings. The van der Waals surface area contributed by atoms with Crippen LogP contribution in [0.3, 0.4) is 0 Å². The topological polar surface area (TPSA) is 89.7 Å². The van der Waals surface area contributed by atoms with Crippen LogP contribution in [-0.2, 0) is 10.9 Å². The van der Waals surface area contributed by atoms with Gasteiger partial charge in [0.1, 0.15) is 18.2 Å². The average molecular weight is 593 g/mol. The molecule has 0 saturated heterocycles. The van der Waals surface area contributed by atoms with E-state index in [2.05, 4.69) is 10.4 Å². The van der Waals surface area contributed by atoms with Gasteiger partial charge in [-0.15, -0.1) is 0 Å². The number of carbonyl (C=O) groups is 1. The minimum Gasteiger partial charge on any atom is -0.489 e. The summed E-state index contributed by atoms with van der Waals surface area (Å²) in [5.41, 5.74) is 4.28. The number of pyridine rings is 1. The van der Waals surface area contributed by atoms with Crippen molar-refractivity contribution in [2.24, 2.45) is 0 Å². The van der Waals surface area contributed by atoms with Crippen LogP contribution < -0.4 is 20.9 Å². The van der Waals surface area contributed by atoms with Gasteiger partial charge in [-0.3, -0.25) is 15.2 Å². The number of para-hydroxylation sites is 3. The fraction of sp³-hybridized carbons (Fsp3) is 0.241. The summed E-state index contributed by atoms with van der Waals surface area (Å²) in [6.45, 7) is 5.97. The number of rotatable bonds is 5. The Hall–Kier alpha value is -4.52. The molecule has 5 rings (SSSR count). The van der Waals surface area contributed by atoms with Crippen molar-refractivity contribution in [1.82, 2.24) is 10.4 Å². The van der Waals surface area contributed by atoms with Crippen LogP contribution in [0.4, 0.5) is 37.7 Å². The fourth-order valence-electron chi connectivity index (χ4n) is 4.38. The molecule has 13 heteroatoms. The normalized spacial score (nSPS) is 12.7. The van der Waals surface area contributed by atoms with Gasteiger partial charge in [-0.25, -0.2) is 18.2 Å². The van der Waals surface area contributed by atoms with Crippen molar-refractivity contribution in [3.63, 3.8) is 0 Å². The standard InChI is InChI=1S/C25H16F6N4O2.C4H10O/c26-12-10-15(20(28)16(27)11-12)13-4-3-5-14-21(32)19(23(25(29,30)31)33-22(13)14)24(36)34-35-8-9-37-18-7-2-1-6-17(18)35;1-3-5-4-2/h1-7,10-11H,8-9H2,(H2,32,33)(H,34,36);3-4H2,1-2H3. The zero-order chi connectivity index (χ0) is 30.6. The highest BCUT2D eigenvalue weighted by Crippen LogP contribution is 2.40. The smallest absolute Gasteiger partial charge is 0.434 e. The molecule has 42 heavy (non-hydrogen) atoms. The Bertz CT molecular complexity index is 1610. The van der Waals surface area contributed by atoms with Crippen LogP contribution in [0.15, 0.2) is 54.6 Å². The van der Waals surface area contributed by atoms with Crippen LogP contribution in [0.1, 0.15) is 29.9 Å². The second-order valence-electron chi connectivity index (χ2n) is 8.89. The highest BCUT2D eigenvalue weighted by atomic mass is 19.4. The molecule has 3 aromatic carbocycles. The lowest BCUT2D eigenvalue weighted by molar-refractivity contribution is -0.141. The van der Waals surface area contributed by atoms with E-state index in [1.807, 2.05) is 13.8 Å². The number of hydrazine groups is 1. The SMILES string of the molecule is CCOCC.Nc1c(C(=O)NN2CCOc3ccccc32)c(C(F)(F)F)nc2c(-c3cc(F)cc(F)c3F)cccc12. The van der Waals surface area contributed by atoms with Gasteiger partial charge in [-0.05, 0) is 32.0 Å². The van der Waals surface area contributed by atoms with Gasteiger partial charge in [0.2, 0.25) is 0 Å². The van der Waals surface area contributed by atoms with Crippen molar-refractivity contribution in [2.75, 3.05) is 37.1 Å². The predicted molar refractivity (Wildman–Crippen MR) is 145 cm³/mol. The van der Waals surface area contributed by atoms with Gasteiger partial charge >= 0.3 is 6.18 Å². The number of hydrogen-bond acceptors (Lipinski definition) is 6. The molecular formula is C29H26F6N4O3. The molecule has 0 unspecified atom stereocenters. The fourth-order valence-corrected chi connectivity index (χ4v) is 4.38. The Labute approximate surface area is 236 Å². The second kappa shape index (κ2) is 12.6. The van der Waals surface area contributed by atoms with E-state index in [9.17, 15) is 31.1 Å². The molecule has 3 N–H and O–H groups in total. The van der Waals surface area contributed by atoms with Crippen LogP contribution in [0.5, 0.6) is 5.75 Å². The molecule has 0 spiro atoms. The first-order valence-corrected chi connectivity index (χ1v) is 12.8. The molecule has 4 aromatic rings. The number of anilines is 2. The average Bonchev–Trinajstić information content (AvgIpc) is 2.95. The van der Waals surface area contributed by atoms with Gasteiger partial charge in [0.25, 0.3) is 5.91 Å². The molecule has 1 aliphatic heterocycles. The summed E-state index contributed by atoms with van der Waals surface area (Å²) in [5, 5.41) is 1.19. The number of aromatic nitrogens is 1. The van der Waals surface area contributed by atoms with Gasteiger partial charge in [0.05, 0.1) is 29.0 Å². The predicted octanol–water partition coefficient (Wildman–Crippen LogP) is 6.51. The third-order valence-electron chi connectivity index (χ3n) is 6.21. The van der Waals surface area contributed by atoms with Crippen LogP contribution >= 0.6 is 0 Å². The molecule has 0 aliphatic carbocycles. The van der Waals surface area contributed by atoms with E-state index < -0.39 is 57.6 Å². The number of amides is 1. The van der Waals surface area contributed by atoms with Crippen molar-refractivity contribution in [3.8, 4) is 16.9 Å². The van der Waals surface area contributed by atoms with E-state index in [1.54, 1.807) is 24.3 Å². The maximum Gasteiger partial charge on any atom is 0.434 e. The Balaban J connectivity index is 0.000000748. The summed E-state index contributed by atoms with van der Waals surface area (Å²) in [5.74, 6) is -4.92. The molecule has 1 aromatic heterocycles. The van der Waals surface area contributed by atoms with Gasteiger partial charge in [-0.1, -0.05) is 30.3 Å². The lowest BCUT2D eigenvalue weighted by Crippen LogP contribution is -2.47. The number of fused-ring (bicyclic) bond motifs is 2. The second-order valence-corrected chi connectivity index (χ2v) is 8.89. The number of carbonyl (C=O) groups excluding carboxylic acids is 1. The van der Waals surface area contributed by atoms with E-state index in [0.29, 0.717) is 23.6 Å². The van der Waals surface area contributed by atoms with E-state index >= 15 is 0 Å². The molecule has 0 fully saturated rings. The molecule has 222 valence electrons. The van der Waals surface area contributed by atoms with Crippen LogP contribution in [0, 0.1) is 17.5 Å². The lowest BCUT2D eigenvalue weighted by atomic mass is 9.97. The number of ether oxygens (including phenoxy) is 2. The van der Waals surface area contributed by atoms with Gasteiger partial charge in [0.15, 0.2) is 17.3 Å². The minimum atomic E-state index is -5.16. The van der Waals surface area contributed by atoms with Crippen molar-refractivity contribution in [2.45, 2.75) is 20.0 Å². The summed E-state index contributed by atoms with van der Waals surface area (Å²) < 4.78 is 95.0. The molecule has 7 nitrogen and oxygen atoms in total. The van der Waals surface area contributed by atoms with Crippen molar-refractivity contribution in [3.05, 3.63) is 83.3 Å². The largest absolute Gasteiger partial charge is 0.489 e. The van der Waals surface area contributed by atoms with E-state index in [-0.39, 0.29) is 24.1 Å². The molecule has 0 saturated carbocycles.